The first-order valence-corrected chi connectivity index (χ1v) is 8.28. The molecule has 3 saturated carbocycles. The van der Waals surface area contributed by atoms with Gasteiger partial charge in [0.25, 0.3) is 0 Å². The number of nitrogens with one attached hydrogen (secondary N) is 1. The van der Waals surface area contributed by atoms with Crippen LogP contribution in [0, 0.1) is 11.8 Å². The van der Waals surface area contributed by atoms with E-state index in [0.29, 0.717) is 12.6 Å². The highest BCUT2D eigenvalue weighted by Gasteiger charge is 2.39. The summed E-state index contributed by atoms with van der Waals surface area (Å²) in [6.45, 7) is 2.94. The van der Waals surface area contributed by atoms with Gasteiger partial charge in [0.1, 0.15) is 0 Å². The van der Waals surface area contributed by atoms with Crippen molar-refractivity contribution in [1.82, 2.24) is 10.2 Å². The summed E-state index contributed by atoms with van der Waals surface area (Å²) >= 11 is 0. The van der Waals surface area contributed by atoms with E-state index >= 15 is 0 Å². The Balaban J connectivity index is 1.62. The maximum atomic E-state index is 9.75. The van der Waals surface area contributed by atoms with E-state index in [9.17, 15) is 5.11 Å². The molecule has 3 heteroatoms. The number of nitrogens with zero attached hydrogens (tertiary/aromatic N) is 1. The van der Waals surface area contributed by atoms with Crippen LogP contribution in [0.25, 0.3) is 0 Å². The van der Waals surface area contributed by atoms with Gasteiger partial charge in [0.15, 0.2) is 0 Å². The predicted molar refractivity (Wildman–Crippen MR) is 78.2 cm³/mol. The summed E-state index contributed by atoms with van der Waals surface area (Å²) in [5.74, 6) is 1.97. The fourth-order valence-electron chi connectivity index (χ4n) is 3.73. The Labute approximate surface area is 117 Å². The number of aliphatic hydroxyl groups is 1. The van der Waals surface area contributed by atoms with Gasteiger partial charge >= 0.3 is 0 Å². The van der Waals surface area contributed by atoms with Crippen LogP contribution in [0.15, 0.2) is 0 Å². The summed E-state index contributed by atoms with van der Waals surface area (Å²) in [7, 11) is 2.02. The molecular formula is C16H30N2O. The number of rotatable bonds is 7. The summed E-state index contributed by atoms with van der Waals surface area (Å²) in [6, 6.07) is 0.703. The van der Waals surface area contributed by atoms with Crippen molar-refractivity contribution in [3.05, 3.63) is 0 Å². The molecule has 0 saturated heterocycles. The van der Waals surface area contributed by atoms with Gasteiger partial charge in [0.2, 0.25) is 0 Å². The van der Waals surface area contributed by atoms with Crippen molar-refractivity contribution in [2.75, 3.05) is 26.7 Å². The molecule has 19 heavy (non-hydrogen) atoms. The van der Waals surface area contributed by atoms with Crippen molar-refractivity contribution in [1.29, 1.82) is 0 Å². The first kappa shape index (κ1) is 13.8. The molecule has 0 aromatic heterocycles. The number of hydrogen-bond donors (Lipinski definition) is 2. The largest absolute Gasteiger partial charge is 0.394 e. The second kappa shape index (κ2) is 5.71. The zero-order chi connectivity index (χ0) is 13.3. The Morgan fingerprint density at radius 2 is 1.74 bits per heavy atom. The molecular weight excluding hydrogens is 236 g/mol. The average molecular weight is 266 g/mol. The maximum Gasteiger partial charge on any atom is 0.0613 e. The van der Waals surface area contributed by atoms with E-state index in [-0.39, 0.29) is 5.54 Å². The van der Waals surface area contributed by atoms with Gasteiger partial charge in [-0.1, -0.05) is 0 Å². The van der Waals surface area contributed by atoms with Crippen LogP contribution in [0.3, 0.4) is 0 Å². The average Bonchev–Trinajstić information content (AvgIpc) is 3.33. The molecule has 0 heterocycles. The zero-order valence-electron chi connectivity index (χ0n) is 12.4. The first-order chi connectivity index (χ1) is 9.24. The molecule has 0 amide bonds. The minimum absolute atomic E-state index is 0.00569. The zero-order valence-corrected chi connectivity index (χ0v) is 12.4. The van der Waals surface area contributed by atoms with Crippen molar-refractivity contribution < 1.29 is 5.11 Å². The molecule has 3 fully saturated rings. The van der Waals surface area contributed by atoms with Gasteiger partial charge in [0, 0.05) is 24.7 Å². The van der Waals surface area contributed by atoms with Crippen molar-refractivity contribution in [3.63, 3.8) is 0 Å². The highest BCUT2D eigenvalue weighted by atomic mass is 16.3. The van der Waals surface area contributed by atoms with Gasteiger partial charge in [-0.25, -0.2) is 0 Å². The predicted octanol–water partition coefficient (Wildman–Crippen LogP) is 2.00. The third-order valence-electron chi connectivity index (χ3n) is 5.55. The van der Waals surface area contributed by atoms with E-state index in [1.807, 2.05) is 7.05 Å². The van der Waals surface area contributed by atoms with Gasteiger partial charge in [0.05, 0.1) is 6.61 Å². The van der Waals surface area contributed by atoms with Crippen LogP contribution < -0.4 is 5.32 Å². The molecule has 2 atom stereocenters. The van der Waals surface area contributed by atoms with Crippen molar-refractivity contribution in [3.8, 4) is 0 Å². The third-order valence-corrected chi connectivity index (χ3v) is 5.55. The van der Waals surface area contributed by atoms with E-state index in [2.05, 4.69) is 10.2 Å². The number of aliphatic hydroxyl groups excluding tert-OH is 1. The summed E-state index contributed by atoms with van der Waals surface area (Å²) in [5.41, 5.74) is -0.00569. The molecule has 0 radical (unpaired) electrons. The Morgan fingerprint density at radius 3 is 2.21 bits per heavy atom. The van der Waals surface area contributed by atoms with Crippen LogP contribution in [0.4, 0.5) is 0 Å². The molecule has 0 aromatic carbocycles. The molecule has 3 nitrogen and oxygen atoms in total. The summed E-state index contributed by atoms with van der Waals surface area (Å²) in [4.78, 5) is 2.79. The van der Waals surface area contributed by atoms with Crippen LogP contribution in [-0.2, 0) is 0 Å². The molecule has 0 bridgehead atoms. The van der Waals surface area contributed by atoms with E-state index < -0.39 is 0 Å². The summed E-state index contributed by atoms with van der Waals surface area (Å²) in [5, 5.41) is 13.2. The quantitative estimate of drug-likeness (QED) is 0.740. The van der Waals surface area contributed by atoms with Gasteiger partial charge in [-0.05, 0) is 70.3 Å². The molecule has 0 spiro atoms. The first-order valence-electron chi connectivity index (χ1n) is 8.28. The second-order valence-corrected chi connectivity index (χ2v) is 7.28. The lowest BCUT2D eigenvalue weighted by molar-refractivity contribution is 0.0590. The van der Waals surface area contributed by atoms with Crippen LogP contribution >= 0.6 is 0 Å². The maximum absolute atomic E-state index is 9.75. The molecule has 3 aliphatic carbocycles. The molecule has 3 rings (SSSR count). The van der Waals surface area contributed by atoms with E-state index in [4.69, 9.17) is 0 Å². The molecule has 110 valence electrons. The van der Waals surface area contributed by atoms with Crippen molar-refractivity contribution in [2.24, 2.45) is 11.8 Å². The molecule has 3 aliphatic rings. The fraction of sp³-hybridized carbons (Fsp3) is 1.00. The fourth-order valence-corrected chi connectivity index (χ4v) is 3.73. The lowest BCUT2D eigenvalue weighted by atomic mass is 9.79. The van der Waals surface area contributed by atoms with Crippen LogP contribution in [0.5, 0.6) is 0 Å². The smallest absolute Gasteiger partial charge is 0.0613 e. The van der Waals surface area contributed by atoms with E-state index in [1.165, 1.54) is 51.6 Å². The van der Waals surface area contributed by atoms with Crippen LogP contribution in [0.1, 0.15) is 51.4 Å². The topological polar surface area (TPSA) is 35.5 Å². The Hall–Kier alpha value is -0.120. The number of likely N-dealkylation sites (N-methyl/N-ethyl adjacent to an activating group) is 1. The lowest BCUT2D eigenvalue weighted by Crippen LogP contribution is -2.55. The van der Waals surface area contributed by atoms with Gasteiger partial charge in [-0.2, -0.15) is 0 Å². The highest BCUT2D eigenvalue weighted by molar-refractivity contribution is 4.97. The van der Waals surface area contributed by atoms with E-state index in [0.717, 1.165) is 24.7 Å². The van der Waals surface area contributed by atoms with Gasteiger partial charge in [-0.3, -0.25) is 4.90 Å². The monoisotopic (exact) mass is 266 g/mol. The number of hydrogen-bond acceptors (Lipinski definition) is 3. The Kier molecular flexibility index (Phi) is 4.16. The second-order valence-electron chi connectivity index (χ2n) is 7.28. The lowest BCUT2D eigenvalue weighted by Gasteiger charge is -2.44. The SMILES string of the molecule is CNC1(CO)CCCC(N(CC2CC2)CC2CC2)C1. The standard InChI is InChI=1S/C16H30N2O/c1-17-16(12-19)8-2-3-15(9-16)18(10-13-4-5-13)11-14-6-7-14/h13-15,17,19H,2-12H2,1H3. The minimum Gasteiger partial charge on any atom is -0.394 e. The summed E-state index contributed by atoms with van der Waals surface area (Å²) < 4.78 is 0. The van der Waals surface area contributed by atoms with E-state index in [1.54, 1.807) is 0 Å². The Morgan fingerprint density at radius 1 is 1.11 bits per heavy atom. The van der Waals surface area contributed by atoms with Crippen LogP contribution in [0.2, 0.25) is 0 Å². The normalized spacial score (nSPS) is 35.8. The van der Waals surface area contributed by atoms with Crippen molar-refractivity contribution >= 4 is 0 Å². The molecule has 2 unspecified atom stereocenters. The minimum atomic E-state index is -0.00569. The Bertz CT molecular complexity index is 281. The van der Waals surface area contributed by atoms with Gasteiger partial charge in [-0.15, -0.1) is 0 Å². The van der Waals surface area contributed by atoms with Gasteiger partial charge < -0.3 is 10.4 Å². The summed E-state index contributed by atoms with van der Waals surface area (Å²) in [6.07, 6.45) is 10.7. The van der Waals surface area contributed by atoms with Crippen LogP contribution in [-0.4, -0.2) is 48.3 Å². The molecule has 0 aliphatic heterocycles. The highest BCUT2D eigenvalue weighted by Crippen LogP contribution is 2.38. The third kappa shape index (κ3) is 3.50. The van der Waals surface area contributed by atoms with Crippen molar-refractivity contribution in [2.45, 2.75) is 62.9 Å². The molecule has 2 N–H and O–H groups in total. The molecule has 0 aromatic rings.